The van der Waals surface area contributed by atoms with E-state index in [-0.39, 0.29) is 11.7 Å². The van der Waals surface area contributed by atoms with Crippen molar-refractivity contribution < 1.29 is 8.76 Å². The maximum absolute atomic E-state index is 10.7. The zero-order valence-corrected chi connectivity index (χ0v) is 11.5. The van der Waals surface area contributed by atoms with Crippen molar-refractivity contribution in [2.75, 3.05) is 5.75 Å². The smallest absolute Gasteiger partial charge is 0.0102 e. The van der Waals surface area contributed by atoms with E-state index in [2.05, 4.69) is 24.3 Å². The summed E-state index contributed by atoms with van der Waals surface area (Å²) in [6.45, 7) is 0. The Morgan fingerprint density at radius 1 is 0.895 bits per heavy atom. The van der Waals surface area contributed by atoms with E-state index in [9.17, 15) is 8.76 Å². The van der Waals surface area contributed by atoms with Crippen molar-refractivity contribution in [3.05, 3.63) is 71.8 Å². The molecule has 0 saturated carbocycles. The second-order valence-corrected chi connectivity index (χ2v) is 5.54. The molecule has 1 atom stereocenters. The van der Waals surface area contributed by atoms with Crippen LogP contribution in [0.25, 0.3) is 0 Å². The summed E-state index contributed by atoms with van der Waals surface area (Å²) in [5, 5.41) is 0. The molecule has 0 saturated heterocycles. The summed E-state index contributed by atoms with van der Waals surface area (Å²) in [5.74, 6) is 0.502. The highest BCUT2D eigenvalue weighted by molar-refractivity contribution is 7.79. The first-order valence-corrected chi connectivity index (χ1v) is 7.67. The van der Waals surface area contributed by atoms with E-state index in [1.165, 1.54) is 11.1 Å². The lowest BCUT2D eigenvalue weighted by molar-refractivity contribution is 0.532. The van der Waals surface area contributed by atoms with Crippen molar-refractivity contribution in [1.29, 1.82) is 0 Å². The van der Waals surface area contributed by atoms with Crippen LogP contribution in [-0.2, 0) is 11.1 Å². The second kappa shape index (κ2) is 7.22. The predicted molar refractivity (Wildman–Crippen MR) is 77.7 cm³/mol. The Morgan fingerprint density at radius 3 is 1.79 bits per heavy atom. The van der Waals surface area contributed by atoms with Gasteiger partial charge >= 0.3 is 0 Å². The van der Waals surface area contributed by atoms with E-state index in [0.29, 0.717) is 6.42 Å². The molecule has 19 heavy (non-hydrogen) atoms. The Labute approximate surface area is 116 Å². The summed E-state index contributed by atoms with van der Waals surface area (Å²) in [6.07, 6.45) is 1.53. The molecule has 1 unspecified atom stereocenters. The number of hydrogen-bond donors (Lipinski definition) is 0. The normalized spacial score (nSPS) is 12.5. The van der Waals surface area contributed by atoms with Gasteiger partial charge in [0, 0.05) is 11.7 Å². The molecule has 3 heteroatoms. The molecule has 2 rings (SSSR count). The van der Waals surface area contributed by atoms with Gasteiger partial charge in [-0.05, 0) is 24.0 Å². The van der Waals surface area contributed by atoms with Crippen LogP contribution in [0.2, 0.25) is 0 Å². The van der Waals surface area contributed by atoms with Gasteiger partial charge in [-0.2, -0.15) is 0 Å². The summed E-state index contributed by atoms with van der Waals surface area (Å²) in [7, 11) is 0. The highest BCUT2D eigenvalue weighted by Gasteiger charge is 2.13. The van der Waals surface area contributed by atoms with Crippen LogP contribution in [0.5, 0.6) is 0 Å². The van der Waals surface area contributed by atoms with Gasteiger partial charge in [0.15, 0.2) is 0 Å². The summed E-state index contributed by atoms with van der Waals surface area (Å²) in [6, 6.07) is 20.5. The molecule has 0 heterocycles. The van der Waals surface area contributed by atoms with Gasteiger partial charge in [-0.25, -0.2) is 0 Å². The van der Waals surface area contributed by atoms with Crippen molar-refractivity contribution in [1.82, 2.24) is 0 Å². The molecule has 0 aliphatic heterocycles. The fourth-order valence-corrected chi connectivity index (χ4v) is 2.70. The molecule has 0 N–H and O–H groups in total. The second-order valence-electron chi connectivity index (χ2n) is 4.52. The van der Waals surface area contributed by atoms with Crippen LogP contribution >= 0.6 is 0 Å². The fraction of sp³-hybridized carbons (Fsp3) is 0.250. The lowest BCUT2D eigenvalue weighted by Gasteiger charge is -2.18. The van der Waals surface area contributed by atoms with E-state index >= 15 is 0 Å². The van der Waals surface area contributed by atoms with Crippen molar-refractivity contribution in [3.8, 4) is 0 Å². The molecule has 0 amide bonds. The molecule has 0 aliphatic rings. The van der Waals surface area contributed by atoms with Gasteiger partial charge in [0.2, 0.25) is 0 Å². The molecule has 2 aromatic rings. The van der Waals surface area contributed by atoms with Crippen molar-refractivity contribution in [2.24, 2.45) is 0 Å². The molecule has 2 nitrogen and oxygen atoms in total. The molecule has 0 radical (unpaired) electrons. The molecule has 0 fully saturated rings. The van der Waals surface area contributed by atoms with E-state index in [0.717, 1.165) is 6.42 Å². The Hall–Kier alpha value is -1.45. The maximum atomic E-state index is 10.7. The highest BCUT2D eigenvalue weighted by atomic mass is 32.2. The van der Waals surface area contributed by atoms with Gasteiger partial charge in [-0.3, -0.25) is 4.21 Å². The van der Waals surface area contributed by atoms with Gasteiger partial charge in [0.05, 0.1) is 0 Å². The average molecular weight is 273 g/mol. The minimum atomic E-state index is -1.94. The zero-order chi connectivity index (χ0) is 13.5. The molecule has 0 aromatic heterocycles. The Kier molecular flexibility index (Phi) is 5.31. The van der Waals surface area contributed by atoms with Gasteiger partial charge in [0.1, 0.15) is 0 Å². The van der Waals surface area contributed by atoms with Crippen molar-refractivity contribution in [3.63, 3.8) is 0 Å². The Balaban J connectivity index is 2.17. The number of rotatable bonds is 6. The van der Waals surface area contributed by atoms with E-state index in [4.69, 9.17) is 0 Å². The molecule has 2 aromatic carbocycles. The third-order valence-corrected chi connectivity index (χ3v) is 3.83. The van der Waals surface area contributed by atoms with E-state index < -0.39 is 11.1 Å². The largest absolute Gasteiger partial charge is 0.772 e. The Bertz CT molecular complexity index is 471. The van der Waals surface area contributed by atoms with Crippen LogP contribution in [0.15, 0.2) is 60.7 Å². The number of benzene rings is 2. The first-order chi connectivity index (χ1) is 9.27. The summed E-state index contributed by atoms with van der Waals surface area (Å²) in [4.78, 5) is 0. The zero-order valence-electron chi connectivity index (χ0n) is 10.7. The van der Waals surface area contributed by atoms with Crippen LogP contribution in [0.1, 0.15) is 29.9 Å². The SMILES string of the molecule is O=S([O-])CCCC(c1ccccc1)c1ccccc1. The first-order valence-electron chi connectivity index (χ1n) is 6.43. The summed E-state index contributed by atoms with van der Waals surface area (Å²) < 4.78 is 21.3. The molecular weight excluding hydrogens is 256 g/mol. The quantitative estimate of drug-likeness (QED) is 0.756. The van der Waals surface area contributed by atoms with Crippen LogP contribution in [0.3, 0.4) is 0 Å². The van der Waals surface area contributed by atoms with Crippen LogP contribution in [0.4, 0.5) is 0 Å². The highest BCUT2D eigenvalue weighted by Crippen LogP contribution is 2.28. The lowest BCUT2D eigenvalue weighted by Crippen LogP contribution is -2.04. The van der Waals surface area contributed by atoms with Crippen molar-refractivity contribution in [2.45, 2.75) is 18.8 Å². The molecule has 100 valence electrons. The first kappa shape index (κ1) is 14.0. The van der Waals surface area contributed by atoms with E-state index in [1.807, 2.05) is 36.4 Å². The van der Waals surface area contributed by atoms with Gasteiger partial charge in [0.25, 0.3) is 0 Å². The average Bonchev–Trinajstić information content (AvgIpc) is 2.45. The van der Waals surface area contributed by atoms with Crippen LogP contribution in [0, 0.1) is 0 Å². The van der Waals surface area contributed by atoms with Crippen molar-refractivity contribution >= 4 is 11.1 Å². The van der Waals surface area contributed by atoms with Gasteiger partial charge in [-0.15, -0.1) is 0 Å². The fourth-order valence-electron chi connectivity index (χ4n) is 2.30. The lowest BCUT2D eigenvalue weighted by atomic mass is 9.88. The monoisotopic (exact) mass is 273 g/mol. The minimum Gasteiger partial charge on any atom is -0.772 e. The van der Waals surface area contributed by atoms with Crippen LogP contribution < -0.4 is 0 Å². The molecule has 0 aliphatic carbocycles. The summed E-state index contributed by atoms with van der Waals surface area (Å²) >= 11 is -1.94. The molecule has 0 bridgehead atoms. The minimum absolute atomic E-state index is 0.232. The standard InChI is InChI=1S/C16H18O2S/c17-19(18)13-7-12-16(14-8-3-1-4-9-14)15-10-5-2-6-11-15/h1-6,8-11,16H,7,12-13H2,(H,17,18)/p-1. The van der Waals surface area contributed by atoms with Gasteiger partial charge < -0.3 is 4.55 Å². The number of hydrogen-bond acceptors (Lipinski definition) is 2. The Morgan fingerprint density at radius 2 is 1.37 bits per heavy atom. The molecule has 0 spiro atoms. The summed E-state index contributed by atoms with van der Waals surface area (Å²) in [5.41, 5.74) is 2.48. The van der Waals surface area contributed by atoms with E-state index in [1.54, 1.807) is 0 Å². The van der Waals surface area contributed by atoms with Gasteiger partial charge in [-0.1, -0.05) is 71.7 Å². The third-order valence-electron chi connectivity index (χ3n) is 3.21. The topological polar surface area (TPSA) is 40.1 Å². The maximum Gasteiger partial charge on any atom is 0.0102 e. The predicted octanol–water partition coefficient (Wildman–Crippen LogP) is 3.48. The third kappa shape index (κ3) is 4.30. The molecular formula is C16H17O2S-. The van der Waals surface area contributed by atoms with Crippen LogP contribution in [-0.4, -0.2) is 14.5 Å².